The van der Waals surface area contributed by atoms with Gasteiger partial charge in [-0.2, -0.15) is 0 Å². The van der Waals surface area contributed by atoms with Crippen molar-refractivity contribution in [1.82, 2.24) is 9.97 Å². The fourth-order valence-electron chi connectivity index (χ4n) is 3.86. The molecule has 0 saturated heterocycles. The Balaban J connectivity index is 0.000000177. The van der Waals surface area contributed by atoms with E-state index in [1.54, 1.807) is 12.4 Å². The third-order valence-corrected chi connectivity index (χ3v) is 5.61. The summed E-state index contributed by atoms with van der Waals surface area (Å²) in [7, 11) is 0. The Kier molecular flexibility index (Phi) is 11.5. The molecule has 0 amide bonds. The number of fused-ring (bicyclic) bond motifs is 2. The Bertz CT molecular complexity index is 1560. The summed E-state index contributed by atoms with van der Waals surface area (Å²) in [6.45, 7) is 2.70. The number of ketones is 2. The summed E-state index contributed by atoms with van der Waals surface area (Å²) in [5.41, 5.74) is 4.01. The van der Waals surface area contributed by atoms with Crippen molar-refractivity contribution in [2.75, 3.05) is 0 Å². The molecule has 4 aromatic carbocycles. The summed E-state index contributed by atoms with van der Waals surface area (Å²) in [6.07, 6.45) is 4.66. The van der Waals surface area contributed by atoms with E-state index >= 15 is 0 Å². The number of aromatic nitrogens is 2. The van der Waals surface area contributed by atoms with Crippen molar-refractivity contribution >= 4 is 33.1 Å². The van der Waals surface area contributed by atoms with Crippen LogP contribution in [0.2, 0.25) is 0 Å². The smallest absolute Gasteiger partial charge is 0.334 e. The van der Waals surface area contributed by atoms with Crippen molar-refractivity contribution < 1.29 is 29.7 Å². The van der Waals surface area contributed by atoms with Gasteiger partial charge >= 0.3 is 20.1 Å². The number of benzene rings is 4. The summed E-state index contributed by atoms with van der Waals surface area (Å²) >= 11 is 0. The number of hydrogen-bond donors (Lipinski definition) is 0. The Hall–Kier alpha value is -4.44. The molecule has 2 aromatic heterocycles. The van der Waals surface area contributed by atoms with Gasteiger partial charge in [0.1, 0.15) is 0 Å². The Labute approximate surface area is 248 Å². The maximum Gasteiger partial charge on any atom is 3.00 e. The molecule has 6 aromatic rings. The van der Waals surface area contributed by atoms with Gasteiger partial charge in [-0.1, -0.05) is 82.6 Å². The molecule has 0 aliphatic carbocycles. The van der Waals surface area contributed by atoms with E-state index in [1.165, 1.54) is 24.6 Å². The molecule has 198 valence electrons. The molecular weight excluding hydrogens is 673 g/mol. The van der Waals surface area contributed by atoms with Crippen LogP contribution in [0.4, 0.5) is 0 Å². The Morgan fingerprint density at radius 1 is 0.550 bits per heavy atom. The zero-order valence-electron chi connectivity index (χ0n) is 22.2. The molecule has 4 nitrogen and oxygen atoms in total. The molecule has 0 saturated carbocycles. The Morgan fingerprint density at radius 3 is 1.30 bits per heavy atom. The van der Waals surface area contributed by atoms with Crippen LogP contribution in [0.25, 0.3) is 44.1 Å². The first-order chi connectivity index (χ1) is 19.0. The minimum atomic E-state index is -0.187. The van der Waals surface area contributed by atoms with Gasteiger partial charge in [0.15, 0.2) is 0 Å². The third-order valence-electron chi connectivity index (χ3n) is 5.61. The van der Waals surface area contributed by atoms with E-state index in [2.05, 4.69) is 70.6 Å². The van der Waals surface area contributed by atoms with Crippen molar-refractivity contribution in [3.63, 3.8) is 0 Å². The molecule has 40 heavy (non-hydrogen) atoms. The molecule has 0 unspecified atom stereocenters. The first-order valence-corrected chi connectivity index (χ1v) is 12.5. The van der Waals surface area contributed by atoms with Gasteiger partial charge in [-0.15, -0.1) is 59.3 Å². The summed E-state index contributed by atoms with van der Waals surface area (Å²) in [5.74, 6) is -0.375. The summed E-state index contributed by atoms with van der Waals surface area (Å²) < 4.78 is 0. The molecule has 0 aliphatic rings. The van der Waals surface area contributed by atoms with Gasteiger partial charge in [-0.25, -0.2) is 0 Å². The predicted molar refractivity (Wildman–Crippen MR) is 158 cm³/mol. The van der Waals surface area contributed by atoms with Crippen LogP contribution in [0.15, 0.2) is 122 Å². The van der Waals surface area contributed by atoms with Crippen LogP contribution in [0.1, 0.15) is 13.8 Å². The van der Waals surface area contributed by atoms with Crippen LogP contribution < -0.4 is 0 Å². The van der Waals surface area contributed by atoms with Gasteiger partial charge in [-0.05, 0) is 26.0 Å². The Morgan fingerprint density at radius 2 is 0.950 bits per heavy atom. The summed E-state index contributed by atoms with van der Waals surface area (Å²) in [5, 5.41) is 4.68. The van der Waals surface area contributed by atoms with Crippen molar-refractivity contribution in [3.05, 3.63) is 140 Å². The van der Waals surface area contributed by atoms with Crippen molar-refractivity contribution in [2.24, 2.45) is 0 Å². The maximum atomic E-state index is 9.98. The van der Waals surface area contributed by atoms with Gasteiger partial charge in [0.2, 0.25) is 0 Å². The fourth-order valence-corrected chi connectivity index (χ4v) is 3.86. The van der Waals surface area contributed by atoms with E-state index in [9.17, 15) is 9.59 Å². The minimum Gasteiger partial charge on any atom is -0.334 e. The quantitative estimate of drug-likeness (QED) is 0.139. The molecule has 5 heteroatoms. The second-order valence-corrected chi connectivity index (χ2v) is 8.71. The SMILES string of the molecule is CC(=O)[CH-]C(C)=O.[Ir+3].[c-]1c(-c2ccccn2)ccc2ccccc12.[c-]1c(-c2ccccn2)ccc2ccccc12. The predicted octanol–water partition coefficient (Wildman–Crippen LogP) is 7.77. The largest absolute Gasteiger partial charge is 3.00 e. The first-order valence-electron chi connectivity index (χ1n) is 12.5. The van der Waals surface area contributed by atoms with Gasteiger partial charge in [0.25, 0.3) is 0 Å². The molecule has 6 rings (SSSR count). The molecule has 0 radical (unpaired) electrons. The maximum absolute atomic E-state index is 9.98. The molecular formula is C35H27IrN2O2. The van der Waals surface area contributed by atoms with Crippen LogP contribution in [0.3, 0.4) is 0 Å². The minimum absolute atomic E-state index is 0. The molecule has 0 N–H and O–H groups in total. The van der Waals surface area contributed by atoms with E-state index in [4.69, 9.17) is 0 Å². The molecule has 0 fully saturated rings. The number of Topliss-reactive ketones (excluding diaryl/α,β-unsaturated/α-hetero) is 2. The number of carbonyl (C=O) groups is 2. The van der Waals surface area contributed by atoms with Gasteiger partial charge < -0.3 is 9.59 Å². The van der Waals surface area contributed by atoms with Crippen LogP contribution in [0.5, 0.6) is 0 Å². The zero-order valence-corrected chi connectivity index (χ0v) is 24.6. The number of rotatable bonds is 4. The molecule has 0 atom stereocenters. The zero-order chi connectivity index (χ0) is 27.5. The second kappa shape index (κ2) is 15.2. The number of carbonyl (C=O) groups excluding carboxylic acids is 2. The molecule has 0 spiro atoms. The van der Waals surface area contributed by atoms with E-state index in [-0.39, 0.29) is 31.7 Å². The van der Waals surface area contributed by atoms with Gasteiger partial charge in [0, 0.05) is 35.3 Å². The van der Waals surface area contributed by atoms with E-state index in [0.717, 1.165) is 39.7 Å². The van der Waals surface area contributed by atoms with Gasteiger partial charge in [-0.3, -0.25) is 16.4 Å². The topological polar surface area (TPSA) is 59.9 Å². The normalized spacial score (nSPS) is 9.75. The van der Waals surface area contributed by atoms with E-state index < -0.39 is 0 Å². The van der Waals surface area contributed by atoms with Crippen molar-refractivity contribution in [3.8, 4) is 22.5 Å². The fraction of sp³-hybridized carbons (Fsp3) is 0.0571. The summed E-state index contributed by atoms with van der Waals surface area (Å²) in [4.78, 5) is 28.6. The number of hydrogen-bond acceptors (Lipinski definition) is 4. The van der Waals surface area contributed by atoms with Crippen LogP contribution in [-0.4, -0.2) is 21.5 Å². The van der Waals surface area contributed by atoms with Crippen molar-refractivity contribution in [2.45, 2.75) is 13.8 Å². The second-order valence-electron chi connectivity index (χ2n) is 8.71. The molecule has 0 aliphatic heterocycles. The number of nitrogens with zero attached hydrogens (tertiary/aromatic N) is 2. The van der Waals surface area contributed by atoms with Crippen molar-refractivity contribution in [1.29, 1.82) is 0 Å². The van der Waals surface area contributed by atoms with Gasteiger partial charge in [0.05, 0.1) is 0 Å². The number of pyridine rings is 2. The monoisotopic (exact) mass is 700 g/mol. The van der Waals surface area contributed by atoms with Crippen LogP contribution in [-0.2, 0) is 29.7 Å². The van der Waals surface area contributed by atoms with Crippen LogP contribution in [0, 0.1) is 18.6 Å². The first kappa shape index (κ1) is 30.1. The van der Waals surface area contributed by atoms with Crippen LogP contribution >= 0.6 is 0 Å². The third kappa shape index (κ3) is 8.81. The average Bonchev–Trinajstić information content (AvgIpc) is 2.97. The van der Waals surface area contributed by atoms with E-state index in [0.29, 0.717) is 0 Å². The summed E-state index contributed by atoms with van der Waals surface area (Å²) in [6, 6.07) is 43.4. The molecule has 0 bridgehead atoms. The van der Waals surface area contributed by atoms with E-state index in [1.807, 2.05) is 60.7 Å². The standard InChI is InChI=1S/2C15H10N.C5H7O2.Ir/c2*1-2-6-13-11-14(9-8-12(13)5-1)15-7-3-4-10-16-15;1-4(6)3-5(2)7;/h2*1-10H;3H,1-2H3;/q3*-1;+3. The molecule has 2 heterocycles. The average molecular weight is 700 g/mol.